The highest BCUT2D eigenvalue weighted by molar-refractivity contribution is 7.17. The Morgan fingerprint density at radius 3 is 2.33 bits per heavy atom. The van der Waals surface area contributed by atoms with Crippen LogP contribution < -0.4 is 4.74 Å². The second-order valence-electron chi connectivity index (χ2n) is 7.82. The summed E-state index contributed by atoms with van der Waals surface area (Å²) in [7, 11) is 0. The van der Waals surface area contributed by atoms with E-state index in [-0.39, 0.29) is 5.82 Å². The second kappa shape index (κ2) is 7.12. The van der Waals surface area contributed by atoms with E-state index in [0.717, 1.165) is 39.5 Å². The fourth-order valence-corrected chi connectivity index (χ4v) is 4.50. The molecule has 2 aromatic carbocycles. The minimum atomic E-state index is -0.175. The summed E-state index contributed by atoms with van der Waals surface area (Å²) in [6, 6.07) is 18.1. The molecule has 0 saturated heterocycles. The van der Waals surface area contributed by atoms with Gasteiger partial charge >= 0.3 is 0 Å². The zero-order chi connectivity index (χ0) is 18.2. The van der Waals surface area contributed by atoms with Gasteiger partial charge in [-0.2, -0.15) is 0 Å². The van der Waals surface area contributed by atoms with Crippen molar-refractivity contribution in [1.82, 2.24) is 0 Å². The molecule has 0 atom stereocenters. The summed E-state index contributed by atoms with van der Waals surface area (Å²) in [5.74, 6) is 1.28. The van der Waals surface area contributed by atoms with Gasteiger partial charge in [-0.3, -0.25) is 0 Å². The van der Waals surface area contributed by atoms with E-state index in [2.05, 4.69) is 24.3 Å². The third-order valence-corrected chi connectivity index (χ3v) is 6.83. The molecule has 2 fully saturated rings. The van der Waals surface area contributed by atoms with E-state index in [1.807, 2.05) is 24.3 Å². The van der Waals surface area contributed by atoms with Gasteiger partial charge in [0.25, 0.3) is 0 Å². The Balaban J connectivity index is 1.33. The summed E-state index contributed by atoms with van der Waals surface area (Å²) in [5, 5.41) is 0.881. The standard InChI is InChI=1S/C24H23FOS/c25-22-14-20(19-8-6-18(7-9-19)17-2-1-3-17)10-11-21(22)23-12-13-24(27-23)26-15-16-4-5-16/h6-14,16-17H,1-5,15H2. The van der Waals surface area contributed by atoms with Crippen molar-refractivity contribution < 1.29 is 9.13 Å². The number of rotatable bonds is 6. The van der Waals surface area contributed by atoms with Crippen LogP contribution in [0.1, 0.15) is 43.6 Å². The summed E-state index contributed by atoms with van der Waals surface area (Å²) in [5.41, 5.74) is 4.07. The largest absolute Gasteiger partial charge is 0.484 e. The predicted octanol–water partition coefficient (Wildman–Crippen LogP) is 7.28. The van der Waals surface area contributed by atoms with E-state index < -0.39 is 0 Å². The SMILES string of the molecule is Fc1cc(-c2ccc(C3CCC3)cc2)ccc1-c1ccc(OCC2CC2)s1. The van der Waals surface area contributed by atoms with Crippen molar-refractivity contribution in [2.45, 2.75) is 38.0 Å². The summed E-state index contributed by atoms with van der Waals surface area (Å²) in [6.45, 7) is 0.790. The fourth-order valence-electron chi connectivity index (χ4n) is 3.61. The first-order valence-electron chi connectivity index (χ1n) is 9.89. The van der Waals surface area contributed by atoms with Gasteiger partial charge in [0.05, 0.1) is 6.61 Å². The lowest BCUT2D eigenvalue weighted by Gasteiger charge is -2.25. The van der Waals surface area contributed by atoms with Crippen molar-refractivity contribution >= 4 is 11.3 Å². The van der Waals surface area contributed by atoms with Gasteiger partial charge in [0.2, 0.25) is 0 Å². The molecule has 0 bridgehead atoms. The van der Waals surface area contributed by atoms with Crippen molar-refractivity contribution in [3.8, 4) is 26.6 Å². The van der Waals surface area contributed by atoms with Crippen LogP contribution in [0.3, 0.4) is 0 Å². The summed E-state index contributed by atoms with van der Waals surface area (Å²) >= 11 is 1.52. The predicted molar refractivity (Wildman–Crippen MR) is 110 cm³/mol. The van der Waals surface area contributed by atoms with Crippen LogP contribution in [-0.4, -0.2) is 6.61 Å². The van der Waals surface area contributed by atoms with Crippen LogP contribution in [0, 0.1) is 11.7 Å². The molecule has 0 aliphatic heterocycles. The minimum absolute atomic E-state index is 0.175. The summed E-state index contributed by atoms with van der Waals surface area (Å²) in [6.07, 6.45) is 6.49. The molecule has 138 valence electrons. The Kier molecular flexibility index (Phi) is 4.48. The zero-order valence-corrected chi connectivity index (χ0v) is 16.1. The molecule has 0 radical (unpaired) electrons. The molecule has 1 nitrogen and oxygen atoms in total. The van der Waals surface area contributed by atoms with Crippen molar-refractivity contribution in [2.75, 3.05) is 6.61 Å². The Hall–Kier alpha value is -2.13. The molecule has 2 aliphatic carbocycles. The Labute approximate surface area is 163 Å². The fraction of sp³-hybridized carbons (Fsp3) is 0.333. The van der Waals surface area contributed by atoms with Crippen LogP contribution in [0.15, 0.2) is 54.6 Å². The minimum Gasteiger partial charge on any atom is -0.484 e. The molecule has 0 unspecified atom stereocenters. The molecule has 0 amide bonds. The van der Waals surface area contributed by atoms with E-state index in [0.29, 0.717) is 5.56 Å². The van der Waals surface area contributed by atoms with E-state index in [1.165, 1.54) is 49.0 Å². The Bertz CT molecular complexity index is 935. The number of thiophene rings is 1. The summed E-state index contributed by atoms with van der Waals surface area (Å²) in [4.78, 5) is 0.921. The number of ether oxygens (including phenoxy) is 1. The number of halogens is 1. The van der Waals surface area contributed by atoms with Crippen LogP contribution in [0.2, 0.25) is 0 Å². The van der Waals surface area contributed by atoms with Crippen molar-refractivity contribution in [3.63, 3.8) is 0 Å². The highest BCUT2D eigenvalue weighted by Gasteiger charge is 2.22. The molecule has 0 spiro atoms. The van der Waals surface area contributed by atoms with Crippen molar-refractivity contribution in [1.29, 1.82) is 0 Å². The molecule has 1 aromatic heterocycles. The van der Waals surface area contributed by atoms with Gasteiger partial charge in [0, 0.05) is 10.4 Å². The van der Waals surface area contributed by atoms with E-state index >= 15 is 0 Å². The maximum absolute atomic E-state index is 14.8. The van der Waals surface area contributed by atoms with Gasteiger partial charge in [-0.25, -0.2) is 4.39 Å². The van der Waals surface area contributed by atoms with E-state index in [9.17, 15) is 4.39 Å². The van der Waals surface area contributed by atoms with Crippen LogP contribution in [0.5, 0.6) is 5.06 Å². The molecule has 3 heteroatoms. The van der Waals surface area contributed by atoms with Gasteiger partial charge in [-0.15, -0.1) is 0 Å². The first-order valence-corrected chi connectivity index (χ1v) is 10.7. The number of hydrogen-bond acceptors (Lipinski definition) is 2. The molecule has 3 aromatic rings. The van der Waals surface area contributed by atoms with Gasteiger partial charge in [0.1, 0.15) is 5.82 Å². The topological polar surface area (TPSA) is 9.23 Å². The molecule has 27 heavy (non-hydrogen) atoms. The molecule has 0 N–H and O–H groups in total. The third kappa shape index (κ3) is 3.66. The molecular weight excluding hydrogens is 355 g/mol. The lowest BCUT2D eigenvalue weighted by Crippen LogP contribution is -2.08. The second-order valence-corrected chi connectivity index (χ2v) is 8.86. The van der Waals surface area contributed by atoms with Gasteiger partial charge < -0.3 is 4.74 Å². The molecular formula is C24H23FOS. The maximum Gasteiger partial charge on any atom is 0.174 e. The number of hydrogen-bond donors (Lipinski definition) is 0. The van der Waals surface area contributed by atoms with Crippen LogP contribution in [-0.2, 0) is 0 Å². The number of benzene rings is 2. The van der Waals surface area contributed by atoms with Gasteiger partial charge in [0.15, 0.2) is 5.06 Å². The molecule has 5 rings (SSSR count). The van der Waals surface area contributed by atoms with Crippen molar-refractivity contribution in [2.24, 2.45) is 5.92 Å². The van der Waals surface area contributed by atoms with E-state index in [1.54, 1.807) is 6.07 Å². The first kappa shape index (κ1) is 17.0. The zero-order valence-electron chi connectivity index (χ0n) is 15.3. The highest BCUT2D eigenvalue weighted by atomic mass is 32.1. The van der Waals surface area contributed by atoms with Gasteiger partial charge in [-0.05, 0) is 78.5 Å². The average molecular weight is 379 g/mol. The quantitative estimate of drug-likeness (QED) is 0.438. The van der Waals surface area contributed by atoms with E-state index in [4.69, 9.17) is 4.74 Å². The lowest BCUT2D eigenvalue weighted by atomic mass is 9.80. The Morgan fingerprint density at radius 1 is 0.889 bits per heavy atom. The molecule has 2 aliphatic rings. The first-order chi connectivity index (χ1) is 13.3. The molecule has 2 saturated carbocycles. The van der Waals surface area contributed by atoms with Crippen molar-refractivity contribution in [3.05, 3.63) is 66.0 Å². The maximum atomic E-state index is 14.8. The lowest BCUT2D eigenvalue weighted by molar-refractivity contribution is 0.308. The molecule has 1 heterocycles. The summed E-state index contributed by atoms with van der Waals surface area (Å²) < 4.78 is 20.6. The normalized spacial score (nSPS) is 16.9. The van der Waals surface area contributed by atoms with Gasteiger partial charge in [-0.1, -0.05) is 48.1 Å². The average Bonchev–Trinajstić information content (AvgIpc) is 3.36. The Morgan fingerprint density at radius 2 is 1.67 bits per heavy atom. The smallest absolute Gasteiger partial charge is 0.174 e. The monoisotopic (exact) mass is 378 g/mol. The highest BCUT2D eigenvalue weighted by Crippen LogP contribution is 2.39. The van der Waals surface area contributed by atoms with Crippen LogP contribution in [0.25, 0.3) is 21.6 Å². The van der Waals surface area contributed by atoms with Crippen LogP contribution >= 0.6 is 11.3 Å². The third-order valence-electron chi connectivity index (χ3n) is 5.79. The van der Waals surface area contributed by atoms with Crippen LogP contribution in [0.4, 0.5) is 4.39 Å².